The van der Waals surface area contributed by atoms with E-state index in [9.17, 15) is 0 Å². The smallest absolute Gasteiger partial charge is 0.0636 e. The maximum Gasteiger partial charge on any atom is 0.0636 e. The third kappa shape index (κ3) is 3.24. The topological polar surface area (TPSA) is 38.0 Å². The lowest BCUT2D eigenvalue weighted by Gasteiger charge is -2.09. The summed E-state index contributed by atoms with van der Waals surface area (Å²) >= 11 is 13.3. The highest BCUT2D eigenvalue weighted by atomic mass is 35.5. The van der Waals surface area contributed by atoms with Gasteiger partial charge in [-0.1, -0.05) is 17.7 Å². The number of rotatable bonds is 5. The van der Waals surface area contributed by atoms with Crippen molar-refractivity contribution in [2.24, 2.45) is 5.84 Å². The molecular weight excluding hydrogens is 239 g/mol. The van der Waals surface area contributed by atoms with Crippen LogP contribution >= 0.6 is 35.0 Å². The van der Waals surface area contributed by atoms with Gasteiger partial charge in [0.05, 0.1) is 15.6 Å². The summed E-state index contributed by atoms with van der Waals surface area (Å²) in [5.41, 5.74) is 3.48. The van der Waals surface area contributed by atoms with Crippen LogP contribution in [0.15, 0.2) is 23.1 Å². The van der Waals surface area contributed by atoms with Gasteiger partial charge in [0.2, 0.25) is 0 Å². The van der Waals surface area contributed by atoms with Gasteiger partial charge in [-0.25, -0.2) is 0 Å². The fourth-order valence-corrected chi connectivity index (χ4v) is 2.61. The van der Waals surface area contributed by atoms with Crippen molar-refractivity contribution in [2.45, 2.75) is 11.3 Å². The predicted octanol–water partition coefficient (Wildman–Crippen LogP) is 3.35. The van der Waals surface area contributed by atoms with Gasteiger partial charge in [0.1, 0.15) is 0 Å². The van der Waals surface area contributed by atoms with Crippen LogP contribution in [0.1, 0.15) is 6.42 Å². The second-order valence-corrected chi connectivity index (χ2v) is 4.54. The quantitative estimate of drug-likeness (QED) is 0.277. The highest BCUT2D eigenvalue weighted by Crippen LogP contribution is 2.33. The maximum atomic E-state index is 6.04. The molecule has 0 radical (unpaired) electrons. The Hall–Kier alpha value is -0.0900. The van der Waals surface area contributed by atoms with E-state index in [4.69, 9.17) is 29.0 Å². The number of hydrogen-bond acceptors (Lipinski definition) is 3. The Bertz CT molecular complexity index is 294. The summed E-state index contributed by atoms with van der Waals surface area (Å²) < 4.78 is 0. The molecule has 0 aliphatic rings. The Morgan fingerprint density at radius 3 is 2.86 bits per heavy atom. The number of alkyl halides is 1. The third-order valence-corrected chi connectivity index (χ3v) is 3.56. The van der Waals surface area contributed by atoms with Gasteiger partial charge >= 0.3 is 0 Å². The van der Waals surface area contributed by atoms with Gasteiger partial charge in [0.15, 0.2) is 0 Å². The summed E-state index contributed by atoms with van der Waals surface area (Å²) in [5, 5.41) is 0.722. The number of nitrogen functional groups attached to an aromatic ring is 1. The van der Waals surface area contributed by atoms with Gasteiger partial charge < -0.3 is 5.43 Å². The molecule has 78 valence electrons. The molecule has 0 saturated carbocycles. The standard InChI is InChI=1S/C9H12Cl2N2S/c10-5-2-6-14-9-7(11)3-1-4-8(9)13-12/h1,3-4,13H,2,5-6,12H2. The molecule has 5 heteroatoms. The highest BCUT2D eigenvalue weighted by Gasteiger charge is 2.05. The van der Waals surface area contributed by atoms with Gasteiger partial charge in [-0.15, -0.1) is 23.4 Å². The molecule has 1 aromatic carbocycles. The van der Waals surface area contributed by atoms with Gasteiger partial charge in [-0.2, -0.15) is 0 Å². The number of nitrogens with two attached hydrogens (primary N) is 1. The highest BCUT2D eigenvalue weighted by molar-refractivity contribution is 7.99. The molecule has 0 heterocycles. The molecule has 1 aromatic rings. The molecule has 0 saturated heterocycles. The van der Waals surface area contributed by atoms with Crippen molar-refractivity contribution < 1.29 is 0 Å². The molecule has 0 aliphatic heterocycles. The minimum Gasteiger partial charge on any atom is -0.323 e. The zero-order valence-corrected chi connectivity index (χ0v) is 9.92. The SMILES string of the molecule is NNc1cccc(Cl)c1SCCCCl. The second kappa shape index (κ2) is 6.40. The van der Waals surface area contributed by atoms with E-state index in [2.05, 4.69) is 5.43 Å². The molecule has 0 amide bonds. The Morgan fingerprint density at radius 1 is 1.43 bits per heavy atom. The summed E-state index contributed by atoms with van der Waals surface area (Å²) in [4.78, 5) is 0.988. The number of nitrogens with one attached hydrogen (secondary N) is 1. The molecule has 0 unspecified atom stereocenters. The molecule has 0 bridgehead atoms. The summed E-state index contributed by atoms with van der Waals surface area (Å²) in [6, 6.07) is 5.61. The van der Waals surface area contributed by atoms with Crippen LogP contribution in [-0.4, -0.2) is 11.6 Å². The monoisotopic (exact) mass is 250 g/mol. The summed E-state index contributed by atoms with van der Waals surface area (Å²) in [6.07, 6.45) is 0.960. The molecular formula is C9H12Cl2N2S. The van der Waals surface area contributed by atoms with Crippen LogP contribution in [0.25, 0.3) is 0 Å². The van der Waals surface area contributed by atoms with E-state index in [0.717, 1.165) is 27.8 Å². The summed E-state index contributed by atoms with van der Waals surface area (Å²) in [6.45, 7) is 0. The van der Waals surface area contributed by atoms with Gasteiger partial charge in [0.25, 0.3) is 0 Å². The van der Waals surface area contributed by atoms with Crippen molar-refractivity contribution in [2.75, 3.05) is 17.1 Å². The van der Waals surface area contributed by atoms with E-state index in [1.807, 2.05) is 18.2 Å². The Balaban J connectivity index is 2.72. The van der Waals surface area contributed by atoms with Crippen LogP contribution < -0.4 is 11.3 Å². The number of halogens is 2. The van der Waals surface area contributed by atoms with Crippen molar-refractivity contribution in [3.63, 3.8) is 0 Å². The number of benzene rings is 1. The molecule has 0 atom stereocenters. The lowest BCUT2D eigenvalue weighted by molar-refractivity contribution is 1.11. The number of thioether (sulfide) groups is 1. The van der Waals surface area contributed by atoms with Crippen molar-refractivity contribution >= 4 is 40.7 Å². The lowest BCUT2D eigenvalue weighted by Crippen LogP contribution is -2.07. The number of anilines is 1. The van der Waals surface area contributed by atoms with E-state index in [-0.39, 0.29) is 0 Å². The normalized spacial score (nSPS) is 10.2. The van der Waals surface area contributed by atoms with E-state index < -0.39 is 0 Å². The fraction of sp³-hybridized carbons (Fsp3) is 0.333. The minimum absolute atomic E-state index is 0.669. The fourth-order valence-electron chi connectivity index (χ4n) is 0.998. The molecule has 0 spiro atoms. The third-order valence-electron chi connectivity index (χ3n) is 1.65. The van der Waals surface area contributed by atoms with Crippen LogP contribution in [0.3, 0.4) is 0 Å². The molecule has 14 heavy (non-hydrogen) atoms. The van der Waals surface area contributed by atoms with Gasteiger partial charge in [-0.05, 0) is 24.3 Å². The van der Waals surface area contributed by atoms with Gasteiger partial charge in [0, 0.05) is 5.88 Å². The molecule has 0 aliphatic carbocycles. The molecule has 0 fully saturated rings. The largest absolute Gasteiger partial charge is 0.323 e. The Kier molecular flexibility index (Phi) is 5.48. The molecule has 0 aromatic heterocycles. The van der Waals surface area contributed by atoms with Crippen LogP contribution in [0.5, 0.6) is 0 Å². The van der Waals surface area contributed by atoms with Crippen molar-refractivity contribution in [3.05, 3.63) is 23.2 Å². The van der Waals surface area contributed by atoms with Crippen molar-refractivity contribution in [1.82, 2.24) is 0 Å². The average molecular weight is 251 g/mol. The number of hydrazine groups is 1. The van der Waals surface area contributed by atoms with Crippen molar-refractivity contribution in [3.8, 4) is 0 Å². The first-order valence-corrected chi connectivity index (χ1v) is 6.13. The average Bonchev–Trinajstić information content (AvgIpc) is 2.20. The van der Waals surface area contributed by atoms with E-state index >= 15 is 0 Å². The van der Waals surface area contributed by atoms with Crippen LogP contribution in [-0.2, 0) is 0 Å². The molecule has 2 nitrogen and oxygen atoms in total. The van der Waals surface area contributed by atoms with E-state index in [1.54, 1.807) is 11.8 Å². The van der Waals surface area contributed by atoms with Crippen LogP contribution in [0, 0.1) is 0 Å². The first kappa shape index (κ1) is 12.0. The van der Waals surface area contributed by atoms with Crippen LogP contribution in [0.4, 0.5) is 5.69 Å². The summed E-state index contributed by atoms with van der Waals surface area (Å²) in [5.74, 6) is 6.99. The van der Waals surface area contributed by atoms with E-state index in [1.165, 1.54) is 0 Å². The minimum atomic E-state index is 0.669. The molecule has 3 N–H and O–H groups in total. The predicted molar refractivity (Wildman–Crippen MR) is 65.3 cm³/mol. The zero-order chi connectivity index (χ0) is 10.4. The number of hydrogen-bond donors (Lipinski definition) is 2. The Morgan fingerprint density at radius 2 is 2.21 bits per heavy atom. The molecule has 1 rings (SSSR count). The summed E-state index contributed by atoms with van der Waals surface area (Å²) in [7, 11) is 0. The first-order valence-electron chi connectivity index (χ1n) is 4.23. The van der Waals surface area contributed by atoms with Crippen LogP contribution in [0.2, 0.25) is 5.02 Å². The second-order valence-electron chi connectivity index (χ2n) is 2.65. The Labute approximate surface area is 98.1 Å². The van der Waals surface area contributed by atoms with Gasteiger partial charge in [-0.3, -0.25) is 5.84 Å². The maximum absolute atomic E-state index is 6.04. The lowest BCUT2D eigenvalue weighted by atomic mass is 10.3. The zero-order valence-electron chi connectivity index (χ0n) is 7.59. The van der Waals surface area contributed by atoms with E-state index in [0.29, 0.717) is 5.88 Å². The first-order chi connectivity index (χ1) is 6.79. The van der Waals surface area contributed by atoms with Crippen molar-refractivity contribution in [1.29, 1.82) is 0 Å².